The van der Waals surface area contributed by atoms with Gasteiger partial charge >= 0.3 is 0 Å². The number of piperidine rings is 1. The lowest BCUT2D eigenvalue weighted by atomic mass is 10.1. The monoisotopic (exact) mass is 452 g/mol. The predicted molar refractivity (Wildman–Crippen MR) is 136 cm³/mol. The topological polar surface area (TPSA) is 67.2 Å². The first kappa shape index (κ1) is 21.9. The zero-order chi connectivity index (χ0) is 23.3. The van der Waals surface area contributed by atoms with Crippen molar-refractivity contribution < 1.29 is 4.79 Å². The van der Waals surface area contributed by atoms with Crippen LogP contribution in [-0.4, -0.2) is 33.4 Å². The van der Waals surface area contributed by atoms with E-state index in [1.165, 1.54) is 6.42 Å². The third-order valence-electron chi connectivity index (χ3n) is 6.32. The number of aromatic nitrogens is 2. The minimum atomic E-state index is -0.0935. The molecule has 2 aromatic carbocycles. The minimum absolute atomic E-state index is 0.0935. The summed E-state index contributed by atoms with van der Waals surface area (Å²) in [5.74, 6) is 0.859. The Morgan fingerprint density at radius 2 is 1.62 bits per heavy atom. The van der Waals surface area contributed by atoms with Gasteiger partial charge in [0, 0.05) is 48.8 Å². The second-order valence-corrected chi connectivity index (χ2v) is 8.69. The van der Waals surface area contributed by atoms with Gasteiger partial charge < -0.3 is 10.2 Å². The molecule has 1 saturated heterocycles. The molecule has 0 radical (unpaired) electrons. The molecule has 0 aliphatic carbocycles. The molecule has 1 amide bonds. The summed E-state index contributed by atoms with van der Waals surface area (Å²) in [6.07, 6.45) is 5.98. The number of pyridine rings is 2. The molecule has 0 spiro atoms. The molecule has 1 aliphatic rings. The zero-order valence-electron chi connectivity index (χ0n) is 19.1. The van der Waals surface area contributed by atoms with Crippen LogP contribution in [0.4, 0.5) is 11.5 Å². The van der Waals surface area contributed by atoms with Crippen molar-refractivity contribution in [3.8, 4) is 5.69 Å². The van der Waals surface area contributed by atoms with E-state index in [0.717, 1.165) is 48.5 Å². The number of hydrogen-bond acceptors (Lipinski definition) is 4. The van der Waals surface area contributed by atoms with Crippen molar-refractivity contribution in [3.05, 3.63) is 94.9 Å². The summed E-state index contributed by atoms with van der Waals surface area (Å²) >= 11 is 0. The highest BCUT2D eigenvalue weighted by Gasteiger charge is 2.17. The van der Waals surface area contributed by atoms with Crippen molar-refractivity contribution in [1.82, 2.24) is 14.5 Å². The number of nitrogens with one attached hydrogen (secondary N) is 1. The molecule has 1 N–H and O–H groups in total. The normalized spacial score (nSPS) is 13.7. The second-order valence-electron chi connectivity index (χ2n) is 8.69. The fourth-order valence-electron chi connectivity index (χ4n) is 4.55. The molecule has 1 aliphatic heterocycles. The number of likely N-dealkylation sites (tertiary alicyclic amines) is 1. The first-order valence-corrected chi connectivity index (χ1v) is 11.9. The maximum absolute atomic E-state index is 13.0. The van der Waals surface area contributed by atoms with Crippen LogP contribution in [0, 0.1) is 0 Å². The van der Waals surface area contributed by atoms with E-state index >= 15 is 0 Å². The van der Waals surface area contributed by atoms with Crippen LogP contribution in [0.25, 0.3) is 16.6 Å². The van der Waals surface area contributed by atoms with Crippen LogP contribution in [0.1, 0.15) is 31.4 Å². The number of nitrogens with zero attached hydrogens (tertiary/aromatic N) is 3. The second kappa shape index (κ2) is 9.91. The molecule has 34 heavy (non-hydrogen) atoms. The molecule has 6 heteroatoms. The average Bonchev–Trinajstić information content (AvgIpc) is 2.89. The lowest BCUT2D eigenvalue weighted by Crippen LogP contribution is -2.35. The quantitative estimate of drug-likeness (QED) is 0.443. The van der Waals surface area contributed by atoms with Gasteiger partial charge in [0.15, 0.2) is 5.43 Å². The number of fused-ring (bicyclic) bond motifs is 1. The summed E-state index contributed by atoms with van der Waals surface area (Å²) in [6.45, 7) is 1.71. The van der Waals surface area contributed by atoms with Gasteiger partial charge in [0.2, 0.25) is 5.91 Å². The lowest BCUT2D eigenvalue weighted by Gasteiger charge is -2.26. The van der Waals surface area contributed by atoms with E-state index in [0.29, 0.717) is 24.0 Å². The van der Waals surface area contributed by atoms with Gasteiger partial charge in [0.1, 0.15) is 5.82 Å². The Bertz CT molecular complexity index is 1340. The van der Waals surface area contributed by atoms with Crippen LogP contribution >= 0.6 is 0 Å². The van der Waals surface area contributed by atoms with E-state index in [1.807, 2.05) is 76.2 Å². The standard InChI is InChI=1S/C28H28N4O2/c33-26-19-27(30-21-10-4-1-5-11-21)32(23-12-6-2-7-13-23)25-18-22(29-20-24(25)26)14-15-28(34)31-16-8-3-9-17-31/h1-2,4-7,10-13,18-20,30H,3,8-9,14-17H2. The van der Waals surface area contributed by atoms with E-state index in [-0.39, 0.29) is 11.3 Å². The number of hydrogen-bond donors (Lipinski definition) is 1. The molecule has 5 rings (SSSR count). The number of anilines is 2. The van der Waals surface area contributed by atoms with Crippen LogP contribution in [0.5, 0.6) is 0 Å². The molecular formula is C28H28N4O2. The van der Waals surface area contributed by atoms with Crippen LogP contribution in [0.3, 0.4) is 0 Å². The molecule has 0 unspecified atom stereocenters. The van der Waals surface area contributed by atoms with Gasteiger partial charge in [-0.05, 0) is 56.0 Å². The van der Waals surface area contributed by atoms with E-state index < -0.39 is 0 Å². The maximum atomic E-state index is 13.0. The smallest absolute Gasteiger partial charge is 0.222 e. The number of benzene rings is 2. The minimum Gasteiger partial charge on any atom is -0.343 e. The van der Waals surface area contributed by atoms with Gasteiger partial charge in [-0.2, -0.15) is 0 Å². The van der Waals surface area contributed by atoms with E-state index in [9.17, 15) is 9.59 Å². The highest BCUT2D eigenvalue weighted by Crippen LogP contribution is 2.25. The van der Waals surface area contributed by atoms with Gasteiger partial charge in [0.05, 0.1) is 10.9 Å². The molecule has 6 nitrogen and oxygen atoms in total. The SMILES string of the molecule is O=C(CCc1cc2c(cn1)c(=O)cc(Nc1ccccc1)n2-c1ccccc1)N1CCCCC1. The van der Waals surface area contributed by atoms with Gasteiger partial charge in [-0.25, -0.2) is 0 Å². The number of carbonyl (C=O) groups excluding carboxylic acids is 1. The molecular weight excluding hydrogens is 424 g/mol. The molecule has 172 valence electrons. The van der Waals surface area contributed by atoms with Gasteiger partial charge in [-0.3, -0.25) is 19.1 Å². The number of rotatable bonds is 6. The summed E-state index contributed by atoms with van der Waals surface area (Å²) in [4.78, 5) is 32.2. The molecule has 2 aromatic heterocycles. The van der Waals surface area contributed by atoms with Crippen LogP contribution in [0.15, 0.2) is 83.8 Å². The van der Waals surface area contributed by atoms with Crippen molar-refractivity contribution >= 4 is 28.3 Å². The summed E-state index contributed by atoms with van der Waals surface area (Å²) < 4.78 is 2.04. The fourth-order valence-corrected chi connectivity index (χ4v) is 4.55. The summed E-state index contributed by atoms with van der Waals surface area (Å²) in [5, 5.41) is 3.95. The van der Waals surface area contributed by atoms with Crippen LogP contribution < -0.4 is 10.7 Å². The van der Waals surface area contributed by atoms with Crippen molar-refractivity contribution in [3.63, 3.8) is 0 Å². The Morgan fingerprint density at radius 3 is 2.35 bits per heavy atom. The molecule has 1 fully saturated rings. The highest BCUT2D eigenvalue weighted by molar-refractivity contribution is 5.84. The molecule has 0 saturated carbocycles. The van der Waals surface area contributed by atoms with Crippen molar-refractivity contribution in [2.75, 3.05) is 18.4 Å². The van der Waals surface area contributed by atoms with Crippen molar-refractivity contribution in [1.29, 1.82) is 0 Å². The number of amides is 1. The van der Waals surface area contributed by atoms with Crippen molar-refractivity contribution in [2.24, 2.45) is 0 Å². The Morgan fingerprint density at radius 1 is 0.912 bits per heavy atom. The third-order valence-corrected chi connectivity index (χ3v) is 6.32. The van der Waals surface area contributed by atoms with Gasteiger partial charge in [-0.15, -0.1) is 0 Å². The van der Waals surface area contributed by atoms with E-state index in [1.54, 1.807) is 12.3 Å². The Balaban J connectivity index is 1.53. The molecule has 4 aromatic rings. The number of para-hydroxylation sites is 2. The molecule has 0 atom stereocenters. The summed E-state index contributed by atoms with van der Waals surface area (Å²) in [6, 6.07) is 23.3. The third kappa shape index (κ3) is 4.71. The Labute approximate surface area is 198 Å². The average molecular weight is 453 g/mol. The first-order chi connectivity index (χ1) is 16.7. The van der Waals surface area contributed by atoms with Crippen LogP contribution in [-0.2, 0) is 11.2 Å². The molecule has 0 bridgehead atoms. The maximum Gasteiger partial charge on any atom is 0.222 e. The predicted octanol–water partition coefficient (Wildman–Crippen LogP) is 5.07. The largest absolute Gasteiger partial charge is 0.343 e. The zero-order valence-corrected chi connectivity index (χ0v) is 19.1. The number of aryl methyl sites for hydroxylation is 1. The lowest BCUT2D eigenvalue weighted by molar-refractivity contribution is -0.132. The summed E-state index contributed by atoms with van der Waals surface area (Å²) in [7, 11) is 0. The fraction of sp³-hybridized carbons (Fsp3) is 0.250. The van der Waals surface area contributed by atoms with E-state index in [2.05, 4.69) is 10.3 Å². The van der Waals surface area contributed by atoms with E-state index in [4.69, 9.17) is 0 Å². The first-order valence-electron chi connectivity index (χ1n) is 11.9. The Hall–Kier alpha value is -3.93. The Kier molecular flexibility index (Phi) is 6.38. The van der Waals surface area contributed by atoms with Crippen molar-refractivity contribution in [2.45, 2.75) is 32.1 Å². The molecule has 3 heterocycles. The highest BCUT2D eigenvalue weighted by atomic mass is 16.2. The van der Waals surface area contributed by atoms with Gasteiger partial charge in [0.25, 0.3) is 0 Å². The van der Waals surface area contributed by atoms with Gasteiger partial charge in [-0.1, -0.05) is 36.4 Å². The summed E-state index contributed by atoms with van der Waals surface area (Å²) in [5.41, 5.74) is 3.32. The van der Waals surface area contributed by atoms with Crippen LogP contribution in [0.2, 0.25) is 0 Å². The number of carbonyl (C=O) groups is 1.